The Balaban J connectivity index is 0.000000208. The van der Waals surface area contributed by atoms with E-state index in [-0.39, 0.29) is 24.2 Å². The maximum atomic E-state index is 12.6. The summed E-state index contributed by atoms with van der Waals surface area (Å²) in [7, 11) is 0. The fourth-order valence-corrected chi connectivity index (χ4v) is 7.51. The topological polar surface area (TPSA) is 159 Å². The van der Waals surface area contributed by atoms with Crippen LogP contribution in [0.2, 0.25) is 20.1 Å². The van der Waals surface area contributed by atoms with E-state index in [9.17, 15) is 24.3 Å². The van der Waals surface area contributed by atoms with Crippen molar-refractivity contribution in [2.75, 3.05) is 0 Å². The van der Waals surface area contributed by atoms with Gasteiger partial charge in [-0.05, 0) is 41.5 Å². The molecule has 16 heteroatoms. The van der Waals surface area contributed by atoms with Crippen LogP contribution in [-0.4, -0.2) is 43.9 Å². The molecule has 6 rings (SSSR count). The minimum Gasteiger partial charge on any atom is -0.481 e. The predicted molar refractivity (Wildman–Crippen MR) is 213 cm³/mol. The second-order valence-electron chi connectivity index (χ2n) is 11.4. The van der Waals surface area contributed by atoms with Crippen LogP contribution in [-0.2, 0) is 9.59 Å². The third kappa shape index (κ3) is 11.1. The van der Waals surface area contributed by atoms with Gasteiger partial charge in [0, 0.05) is 31.9 Å². The number of hydrogen-bond acceptors (Lipinski definition) is 8. The molecule has 0 radical (unpaired) electrons. The Kier molecular flexibility index (Phi) is 14.2. The van der Waals surface area contributed by atoms with Gasteiger partial charge in [-0.1, -0.05) is 113 Å². The molecule has 54 heavy (non-hydrogen) atoms. The van der Waals surface area contributed by atoms with Crippen LogP contribution in [0.5, 0.6) is 0 Å². The molecule has 0 bridgehead atoms. The van der Waals surface area contributed by atoms with Crippen LogP contribution >= 0.6 is 69.1 Å². The molecule has 6 aromatic rings. The number of amides is 2. The first kappa shape index (κ1) is 40.4. The summed E-state index contributed by atoms with van der Waals surface area (Å²) < 4.78 is 0. The number of aliphatic carboxylic acids is 2. The van der Waals surface area contributed by atoms with Crippen molar-refractivity contribution in [2.45, 2.75) is 24.9 Å². The smallest absolute Gasteiger partial charge is 0.305 e. The van der Waals surface area contributed by atoms with Crippen LogP contribution < -0.4 is 10.6 Å². The van der Waals surface area contributed by atoms with Gasteiger partial charge in [0.2, 0.25) is 0 Å². The number of halogens is 4. The maximum Gasteiger partial charge on any atom is 0.305 e. The van der Waals surface area contributed by atoms with E-state index in [0.717, 1.165) is 10.6 Å². The van der Waals surface area contributed by atoms with E-state index in [0.29, 0.717) is 41.8 Å². The third-order valence-corrected chi connectivity index (χ3v) is 10.6. The summed E-state index contributed by atoms with van der Waals surface area (Å²) in [5.41, 5.74) is 3.19. The van der Waals surface area contributed by atoms with Gasteiger partial charge in [0.1, 0.15) is 21.4 Å². The molecule has 0 unspecified atom stereocenters. The summed E-state index contributed by atoms with van der Waals surface area (Å²) in [6.07, 6.45) is -0.537. The van der Waals surface area contributed by atoms with Crippen molar-refractivity contribution in [3.8, 4) is 21.1 Å². The van der Waals surface area contributed by atoms with Crippen LogP contribution in [0.25, 0.3) is 21.1 Å². The van der Waals surface area contributed by atoms with Crippen LogP contribution in [0.4, 0.5) is 0 Å². The van der Waals surface area contributed by atoms with E-state index in [1.807, 2.05) is 30.3 Å². The van der Waals surface area contributed by atoms with Gasteiger partial charge in [0.25, 0.3) is 11.8 Å². The van der Waals surface area contributed by atoms with E-state index < -0.39 is 35.8 Å². The van der Waals surface area contributed by atoms with E-state index >= 15 is 0 Å². The van der Waals surface area contributed by atoms with Gasteiger partial charge < -0.3 is 20.8 Å². The minimum atomic E-state index is -1.05. The summed E-state index contributed by atoms with van der Waals surface area (Å²) in [5, 5.41) is 30.0. The van der Waals surface area contributed by atoms with Crippen molar-refractivity contribution in [2.24, 2.45) is 0 Å². The second kappa shape index (κ2) is 19.0. The number of hydrogen-bond donors (Lipinski definition) is 4. The predicted octanol–water partition coefficient (Wildman–Crippen LogP) is 10.1. The Morgan fingerprint density at radius 2 is 1.09 bits per heavy atom. The lowest BCUT2D eigenvalue weighted by atomic mass is 10.0. The number of benzene rings is 4. The molecule has 10 nitrogen and oxygen atoms in total. The van der Waals surface area contributed by atoms with Crippen molar-refractivity contribution < 1.29 is 29.4 Å². The van der Waals surface area contributed by atoms with Gasteiger partial charge >= 0.3 is 11.9 Å². The van der Waals surface area contributed by atoms with Crippen molar-refractivity contribution in [1.82, 2.24) is 20.6 Å². The molecular formula is C38H28Cl4N4O6S2. The van der Waals surface area contributed by atoms with Gasteiger partial charge in [-0.3, -0.25) is 19.2 Å². The highest BCUT2D eigenvalue weighted by molar-refractivity contribution is 7.13. The average Bonchev–Trinajstić information content (AvgIpc) is 3.84. The fraction of sp³-hybridized carbons (Fsp3) is 0.105. The number of nitrogens with one attached hydrogen (secondary N) is 2. The van der Waals surface area contributed by atoms with Gasteiger partial charge in [0.15, 0.2) is 0 Å². The lowest BCUT2D eigenvalue weighted by Gasteiger charge is -2.17. The number of carbonyl (C=O) groups is 4. The first-order valence-electron chi connectivity index (χ1n) is 15.8. The Morgan fingerprint density at radius 3 is 1.59 bits per heavy atom. The number of carbonyl (C=O) groups excluding carboxylic acids is 2. The molecular weight excluding hydrogens is 814 g/mol. The normalized spacial score (nSPS) is 11.8. The minimum absolute atomic E-state index is 0.161. The third-order valence-electron chi connectivity index (χ3n) is 7.55. The van der Waals surface area contributed by atoms with Gasteiger partial charge in [-0.15, -0.1) is 22.7 Å². The van der Waals surface area contributed by atoms with E-state index in [1.54, 1.807) is 77.5 Å². The zero-order chi connectivity index (χ0) is 38.8. The Morgan fingerprint density at radius 1 is 0.611 bits per heavy atom. The van der Waals surface area contributed by atoms with Gasteiger partial charge in [-0.2, -0.15) is 0 Å². The molecule has 2 atom stereocenters. The molecule has 2 heterocycles. The quantitative estimate of drug-likeness (QED) is 0.0948. The number of carboxylic acid groups (broad SMARTS) is 2. The highest BCUT2D eigenvalue weighted by Gasteiger charge is 2.23. The van der Waals surface area contributed by atoms with Crippen LogP contribution in [0.15, 0.2) is 108 Å². The zero-order valence-electron chi connectivity index (χ0n) is 27.7. The monoisotopic (exact) mass is 840 g/mol. The highest BCUT2D eigenvalue weighted by Crippen LogP contribution is 2.35. The van der Waals surface area contributed by atoms with Gasteiger partial charge in [-0.25, -0.2) is 9.97 Å². The molecule has 0 saturated heterocycles. The van der Waals surface area contributed by atoms with Crippen LogP contribution in [0.3, 0.4) is 0 Å². The first-order valence-corrected chi connectivity index (χ1v) is 19.1. The summed E-state index contributed by atoms with van der Waals surface area (Å²) >= 11 is 26.8. The standard InChI is InChI=1S/C19H13Cl3N2O3S.C19H15ClN2O3S/c20-11-4-1-3-10(7-11)14(8-16(25)26)23-18(27)15-9-28-19(24-15)12-5-2-6-13(21)17(12)22;20-14-8-4-7-13(9-14)15(10-17(23)24)21-18(25)16-11-26-19(22-16)12-5-2-1-3-6-12/h1-7,9,14H,8H2,(H,23,27)(H,25,26);1-9,11,15H,10H2,(H,21,25)(H,23,24)/t14-;15-/m00/s1. The average molecular weight is 843 g/mol. The van der Waals surface area contributed by atoms with E-state index in [2.05, 4.69) is 20.6 Å². The number of rotatable bonds is 12. The number of carboxylic acids is 2. The van der Waals surface area contributed by atoms with Gasteiger partial charge in [0.05, 0.1) is 35.0 Å². The summed E-state index contributed by atoms with van der Waals surface area (Å²) in [4.78, 5) is 56.3. The zero-order valence-corrected chi connectivity index (χ0v) is 32.4. The Labute approximate surface area is 337 Å². The van der Waals surface area contributed by atoms with Crippen LogP contribution in [0, 0.1) is 0 Å². The number of aromatic nitrogens is 2. The summed E-state index contributed by atoms with van der Waals surface area (Å²) in [5.74, 6) is -2.98. The Hall–Kier alpha value is -4.82. The van der Waals surface area contributed by atoms with Crippen LogP contribution in [0.1, 0.15) is 57.0 Å². The Bertz CT molecular complexity index is 2280. The molecule has 0 aliphatic carbocycles. The molecule has 0 aliphatic rings. The summed E-state index contributed by atoms with van der Waals surface area (Å²) in [6.45, 7) is 0. The lowest BCUT2D eigenvalue weighted by Crippen LogP contribution is -2.30. The van der Waals surface area contributed by atoms with Crippen molar-refractivity contribution in [3.63, 3.8) is 0 Å². The fourth-order valence-electron chi connectivity index (χ4n) is 5.03. The van der Waals surface area contributed by atoms with Crippen molar-refractivity contribution in [1.29, 1.82) is 0 Å². The second-order valence-corrected chi connectivity index (χ2v) is 14.8. The van der Waals surface area contributed by atoms with E-state index in [1.165, 1.54) is 22.7 Å². The summed E-state index contributed by atoms with van der Waals surface area (Å²) in [6, 6.07) is 26.7. The molecule has 0 saturated carbocycles. The number of nitrogens with zero attached hydrogens (tertiary/aromatic N) is 2. The maximum absolute atomic E-state index is 12.6. The molecule has 0 spiro atoms. The molecule has 0 fully saturated rings. The molecule has 0 aliphatic heterocycles. The molecule has 2 amide bonds. The SMILES string of the molecule is O=C(O)C[C@H](NC(=O)c1csc(-c2cccc(Cl)c2Cl)n1)c1cccc(Cl)c1.O=C(O)C[C@H](NC(=O)c1csc(-c2ccccc2)n1)c1cccc(Cl)c1. The molecule has 2 aromatic heterocycles. The van der Waals surface area contributed by atoms with Crippen molar-refractivity contribution >= 4 is 92.8 Å². The first-order chi connectivity index (χ1) is 25.9. The molecule has 276 valence electrons. The van der Waals surface area contributed by atoms with E-state index in [4.69, 9.17) is 51.5 Å². The van der Waals surface area contributed by atoms with Crippen molar-refractivity contribution in [3.05, 3.63) is 150 Å². The lowest BCUT2D eigenvalue weighted by molar-refractivity contribution is -0.138. The largest absolute Gasteiger partial charge is 0.481 e. The number of thiazole rings is 2. The molecule has 4 N–H and O–H groups in total. The highest BCUT2D eigenvalue weighted by atomic mass is 35.5. The molecule has 4 aromatic carbocycles.